The number of nitrogens with zero attached hydrogens (tertiary/aromatic N) is 2. The molecule has 0 aromatic heterocycles. The molecule has 1 aromatic rings. The van der Waals surface area contributed by atoms with E-state index < -0.39 is 5.60 Å². The van der Waals surface area contributed by atoms with E-state index >= 15 is 0 Å². The summed E-state index contributed by atoms with van der Waals surface area (Å²) in [6.07, 6.45) is -0.371. The van der Waals surface area contributed by atoms with Gasteiger partial charge in [0.05, 0.1) is 13.1 Å². The van der Waals surface area contributed by atoms with Crippen LogP contribution in [0.2, 0.25) is 0 Å². The maximum atomic E-state index is 12.2. The van der Waals surface area contributed by atoms with Crippen LogP contribution in [0.4, 0.5) is 4.79 Å². The molecule has 0 saturated heterocycles. The fourth-order valence-corrected chi connectivity index (χ4v) is 2.07. The zero-order valence-corrected chi connectivity index (χ0v) is 13.0. The van der Waals surface area contributed by atoms with Crippen LogP contribution < -0.4 is 10.5 Å². The average molecular weight is 307 g/mol. The van der Waals surface area contributed by atoms with Crippen molar-refractivity contribution in [1.29, 1.82) is 0 Å². The van der Waals surface area contributed by atoms with E-state index in [2.05, 4.69) is 5.16 Å². The molecule has 2 rings (SSSR count). The number of rotatable bonds is 1. The lowest BCUT2D eigenvalue weighted by atomic mass is 10.1. The normalized spacial score (nSPS) is 15.6. The number of benzene rings is 1. The molecule has 0 spiro atoms. The Bertz CT molecular complexity index is 593. The van der Waals surface area contributed by atoms with Crippen LogP contribution in [-0.4, -0.2) is 40.8 Å². The molecule has 1 aliphatic rings. The van der Waals surface area contributed by atoms with Gasteiger partial charge in [-0.2, -0.15) is 0 Å². The van der Waals surface area contributed by atoms with Crippen molar-refractivity contribution in [2.75, 3.05) is 13.2 Å². The zero-order chi connectivity index (χ0) is 16.3. The van der Waals surface area contributed by atoms with Crippen LogP contribution in [-0.2, 0) is 11.3 Å². The molecule has 1 heterocycles. The monoisotopic (exact) mass is 307 g/mol. The fraction of sp³-hybridized carbons (Fsp3) is 0.467. The van der Waals surface area contributed by atoms with Crippen molar-refractivity contribution < 1.29 is 19.5 Å². The average Bonchev–Trinajstić information content (AvgIpc) is 2.66. The van der Waals surface area contributed by atoms with Crippen molar-refractivity contribution in [2.45, 2.75) is 32.9 Å². The van der Waals surface area contributed by atoms with Gasteiger partial charge in [-0.25, -0.2) is 4.79 Å². The minimum atomic E-state index is -0.539. The highest BCUT2D eigenvalue weighted by Gasteiger charge is 2.25. The molecule has 1 amide bonds. The Labute approximate surface area is 129 Å². The number of amides is 1. The second-order valence-corrected chi connectivity index (χ2v) is 6.06. The maximum absolute atomic E-state index is 12.2. The summed E-state index contributed by atoms with van der Waals surface area (Å²) in [5, 5.41) is 11.7. The molecule has 1 aliphatic heterocycles. The van der Waals surface area contributed by atoms with E-state index in [0.29, 0.717) is 31.0 Å². The summed E-state index contributed by atoms with van der Waals surface area (Å²) >= 11 is 0. The third-order valence-electron chi connectivity index (χ3n) is 3.10. The van der Waals surface area contributed by atoms with Crippen molar-refractivity contribution in [3.8, 4) is 5.75 Å². The molecular formula is C15H21N3O4. The van der Waals surface area contributed by atoms with E-state index in [1.165, 1.54) is 0 Å². The van der Waals surface area contributed by atoms with Crippen molar-refractivity contribution in [1.82, 2.24) is 4.90 Å². The number of amidine groups is 1. The molecule has 0 aliphatic carbocycles. The quantitative estimate of drug-likeness (QED) is 0.357. The summed E-state index contributed by atoms with van der Waals surface area (Å²) in [5.41, 5.74) is 6.44. The van der Waals surface area contributed by atoms with Gasteiger partial charge < -0.3 is 25.3 Å². The molecule has 0 fully saturated rings. The first-order chi connectivity index (χ1) is 10.3. The Morgan fingerprint density at radius 1 is 1.45 bits per heavy atom. The highest BCUT2D eigenvalue weighted by molar-refractivity contribution is 5.97. The highest BCUT2D eigenvalue weighted by atomic mass is 16.6. The zero-order valence-electron chi connectivity index (χ0n) is 13.0. The van der Waals surface area contributed by atoms with Gasteiger partial charge in [0.2, 0.25) is 0 Å². The van der Waals surface area contributed by atoms with Crippen LogP contribution in [0.15, 0.2) is 23.4 Å². The number of hydrogen-bond acceptors (Lipinski definition) is 5. The van der Waals surface area contributed by atoms with Gasteiger partial charge in [-0.15, -0.1) is 0 Å². The topological polar surface area (TPSA) is 97.4 Å². The van der Waals surface area contributed by atoms with E-state index in [0.717, 1.165) is 5.56 Å². The first-order valence-electron chi connectivity index (χ1n) is 7.02. The molecule has 0 unspecified atom stereocenters. The lowest BCUT2D eigenvalue weighted by molar-refractivity contribution is 0.0225. The molecule has 7 heteroatoms. The van der Waals surface area contributed by atoms with Gasteiger partial charge in [0, 0.05) is 11.1 Å². The lowest BCUT2D eigenvalue weighted by Crippen LogP contribution is -2.37. The highest BCUT2D eigenvalue weighted by Crippen LogP contribution is 2.25. The number of fused-ring (bicyclic) bond motifs is 1. The molecule has 0 atom stereocenters. The lowest BCUT2D eigenvalue weighted by Gasteiger charge is -2.26. The Morgan fingerprint density at radius 2 is 2.18 bits per heavy atom. The molecular weight excluding hydrogens is 286 g/mol. The van der Waals surface area contributed by atoms with Crippen molar-refractivity contribution >= 4 is 11.9 Å². The van der Waals surface area contributed by atoms with Gasteiger partial charge in [0.1, 0.15) is 18.0 Å². The molecule has 0 saturated carbocycles. The third kappa shape index (κ3) is 3.81. The summed E-state index contributed by atoms with van der Waals surface area (Å²) in [4.78, 5) is 13.8. The van der Waals surface area contributed by atoms with Crippen molar-refractivity contribution in [2.24, 2.45) is 10.9 Å². The summed E-state index contributed by atoms with van der Waals surface area (Å²) in [6, 6.07) is 5.21. The van der Waals surface area contributed by atoms with Crippen LogP contribution >= 0.6 is 0 Å². The predicted molar refractivity (Wildman–Crippen MR) is 81.1 cm³/mol. The molecule has 0 bridgehead atoms. The van der Waals surface area contributed by atoms with E-state index in [4.69, 9.17) is 20.4 Å². The SMILES string of the molecule is CC(C)(C)OC(=O)N1CCOc2cc(/C(N)=N/O)ccc2C1. The smallest absolute Gasteiger partial charge is 0.410 e. The fourth-order valence-electron chi connectivity index (χ4n) is 2.07. The van der Waals surface area contributed by atoms with E-state index in [-0.39, 0.29) is 11.9 Å². The molecule has 22 heavy (non-hydrogen) atoms. The van der Waals surface area contributed by atoms with Gasteiger partial charge in [-0.1, -0.05) is 17.3 Å². The number of oxime groups is 1. The summed E-state index contributed by atoms with van der Waals surface area (Å²) in [6.45, 7) is 6.67. The molecule has 0 radical (unpaired) electrons. The minimum absolute atomic E-state index is 0.0136. The second-order valence-electron chi connectivity index (χ2n) is 6.06. The van der Waals surface area contributed by atoms with E-state index in [1.54, 1.807) is 23.1 Å². The van der Waals surface area contributed by atoms with Crippen molar-refractivity contribution in [3.05, 3.63) is 29.3 Å². The minimum Gasteiger partial charge on any atom is -0.491 e. The first kappa shape index (κ1) is 15.9. The Balaban J connectivity index is 2.19. The van der Waals surface area contributed by atoms with Crippen LogP contribution in [0.5, 0.6) is 5.75 Å². The number of ether oxygens (including phenoxy) is 2. The van der Waals surface area contributed by atoms with E-state index in [1.807, 2.05) is 20.8 Å². The molecule has 1 aromatic carbocycles. The Kier molecular flexibility index (Phi) is 4.44. The summed E-state index contributed by atoms with van der Waals surface area (Å²) in [7, 11) is 0. The number of hydrogen-bond donors (Lipinski definition) is 2. The van der Waals surface area contributed by atoms with Crippen LogP contribution in [0.1, 0.15) is 31.9 Å². The van der Waals surface area contributed by atoms with Crippen molar-refractivity contribution in [3.63, 3.8) is 0 Å². The molecule has 3 N–H and O–H groups in total. The molecule has 120 valence electrons. The van der Waals surface area contributed by atoms with Gasteiger partial charge in [0.25, 0.3) is 0 Å². The number of carbonyl (C=O) groups excluding carboxylic acids is 1. The van der Waals surface area contributed by atoms with Crippen LogP contribution in [0.3, 0.4) is 0 Å². The second kappa shape index (κ2) is 6.13. The van der Waals surface area contributed by atoms with Gasteiger partial charge in [-0.05, 0) is 26.8 Å². The van der Waals surface area contributed by atoms with Gasteiger partial charge in [0.15, 0.2) is 5.84 Å². The van der Waals surface area contributed by atoms with E-state index in [9.17, 15) is 4.79 Å². The maximum Gasteiger partial charge on any atom is 0.410 e. The van der Waals surface area contributed by atoms with Crippen LogP contribution in [0.25, 0.3) is 0 Å². The predicted octanol–water partition coefficient (Wildman–Crippen LogP) is 1.91. The summed E-state index contributed by atoms with van der Waals surface area (Å²) < 4.78 is 11.0. The number of nitrogens with two attached hydrogens (primary N) is 1. The van der Waals surface area contributed by atoms with Gasteiger partial charge >= 0.3 is 6.09 Å². The third-order valence-corrected chi connectivity index (χ3v) is 3.10. The Morgan fingerprint density at radius 3 is 2.82 bits per heavy atom. The number of carbonyl (C=O) groups is 1. The molecule has 7 nitrogen and oxygen atoms in total. The first-order valence-corrected chi connectivity index (χ1v) is 7.02. The summed E-state index contributed by atoms with van der Waals surface area (Å²) in [5.74, 6) is 0.634. The standard InChI is InChI=1S/C15H21N3O4/c1-15(2,3)22-14(19)18-6-7-21-12-8-10(13(16)17-20)4-5-11(12)9-18/h4-5,8,20H,6-7,9H2,1-3H3,(H2,16,17). The van der Waals surface area contributed by atoms with Crippen LogP contribution in [0, 0.1) is 0 Å². The largest absolute Gasteiger partial charge is 0.491 e. The Hall–Kier alpha value is -2.44. The van der Waals surface area contributed by atoms with Gasteiger partial charge in [-0.3, -0.25) is 0 Å².